The molecule has 0 spiro atoms. The highest BCUT2D eigenvalue weighted by Gasteiger charge is 2.32. The van der Waals surface area contributed by atoms with Crippen molar-refractivity contribution in [2.45, 2.75) is 83.9 Å². The lowest BCUT2D eigenvalue weighted by Gasteiger charge is -2.37. The highest BCUT2D eigenvalue weighted by molar-refractivity contribution is 5.98. The summed E-state index contributed by atoms with van der Waals surface area (Å²) in [6.07, 6.45) is -2.19. The summed E-state index contributed by atoms with van der Waals surface area (Å²) in [7, 11) is 0. The molecule has 44 heavy (non-hydrogen) atoms. The van der Waals surface area contributed by atoms with Gasteiger partial charge in [0.1, 0.15) is 5.69 Å². The molecule has 3 N–H and O–H groups in total. The Morgan fingerprint density at radius 2 is 1.77 bits per heavy atom. The Labute approximate surface area is 256 Å². The number of likely N-dealkylation sites (tertiary alicyclic amines) is 1. The van der Waals surface area contributed by atoms with Gasteiger partial charge in [0.2, 0.25) is 0 Å². The van der Waals surface area contributed by atoms with Gasteiger partial charge in [0.15, 0.2) is 5.69 Å². The number of aromatic nitrogens is 2. The molecule has 8 nitrogen and oxygen atoms in total. The summed E-state index contributed by atoms with van der Waals surface area (Å²) in [5.74, 6) is -0.232. The van der Waals surface area contributed by atoms with Crippen LogP contribution in [-0.4, -0.2) is 62.9 Å². The number of piperidine rings is 1. The van der Waals surface area contributed by atoms with Crippen molar-refractivity contribution in [2.75, 3.05) is 13.1 Å². The summed E-state index contributed by atoms with van der Waals surface area (Å²) < 4.78 is 40.8. The summed E-state index contributed by atoms with van der Waals surface area (Å²) in [5.41, 5.74) is 0.995. The molecule has 11 heteroatoms. The van der Waals surface area contributed by atoms with E-state index in [-0.39, 0.29) is 30.7 Å². The second-order valence-electron chi connectivity index (χ2n) is 11.6. The van der Waals surface area contributed by atoms with E-state index < -0.39 is 29.8 Å². The van der Waals surface area contributed by atoms with Crippen molar-refractivity contribution in [3.8, 4) is 0 Å². The number of halogens is 3. The summed E-state index contributed by atoms with van der Waals surface area (Å²) in [5, 5.41) is 21.4. The third kappa shape index (κ3) is 8.47. The lowest BCUT2D eigenvalue weighted by molar-refractivity contribution is -0.137. The average molecular weight is 614 g/mol. The van der Waals surface area contributed by atoms with Gasteiger partial charge in [-0.1, -0.05) is 61.9 Å². The number of hydrogen-bond acceptors (Lipinski definition) is 5. The molecule has 1 aliphatic rings. The molecule has 0 saturated carbocycles. The smallest absolute Gasteiger partial charge is 0.390 e. The van der Waals surface area contributed by atoms with E-state index in [9.17, 15) is 27.9 Å². The zero-order chi connectivity index (χ0) is 31.9. The molecule has 3 aromatic rings. The number of rotatable bonds is 12. The minimum atomic E-state index is -4.44. The number of benzene rings is 2. The molecular weight excluding hydrogens is 571 g/mol. The highest BCUT2D eigenvalue weighted by Crippen LogP contribution is 2.29. The topological polar surface area (TPSA) is 99.5 Å². The van der Waals surface area contributed by atoms with Crippen LogP contribution in [0.5, 0.6) is 0 Å². The average Bonchev–Trinajstić information content (AvgIpc) is 3.46. The van der Waals surface area contributed by atoms with Crippen molar-refractivity contribution < 1.29 is 27.9 Å². The van der Waals surface area contributed by atoms with Gasteiger partial charge in [-0.15, -0.1) is 0 Å². The summed E-state index contributed by atoms with van der Waals surface area (Å²) in [6, 6.07) is 15.2. The van der Waals surface area contributed by atoms with Gasteiger partial charge in [0.25, 0.3) is 11.8 Å². The fraction of sp³-hybridized carbons (Fsp3) is 0.485. The van der Waals surface area contributed by atoms with Crippen molar-refractivity contribution in [3.05, 3.63) is 88.7 Å². The van der Waals surface area contributed by atoms with Crippen LogP contribution in [0.4, 0.5) is 13.2 Å². The molecular formula is C33H42F3N5O3. The Morgan fingerprint density at radius 1 is 1.05 bits per heavy atom. The first-order valence-corrected chi connectivity index (χ1v) is 15.3. The molecule has 0 aliphatic carbocycles. The molecule has 0 radical (unpaired) electrons. The number of carbonyl (C=O) groups is 2. The van der Waals surface area contributed by atoms with Gasteiger partial charge < -0.3 is 20.6 Å². The van der Waals surface area contributed by atoms with Gasteiger partial charge >= 0.3 is 6.18 Å². The van der Waals surface area contributed by atoms with Gasteiger partial charge in [0.05, 0.1) is 17.7 Å². The molecule has 1 saturated heterocycles. The van der Waals surface area contributed by atoms with Crippen LogP contribution in [0.3, 0.4) is 0 Å². The van der Waals surface area contributed by atoms with E-state index in [4.69, 9.17) is 0 Å². The van der Waals surface area contributed by atoms with Crippen LogP contribution in [0.1, 0.15) is 77.7 Å². The third-order valence-corrected chi connectivity index (χ3v) is 8.37. The lowest BCUT2D eigenvalue weighted by Crippen LogP contribution is -2.48. The number of aliphatic hydroxyl groups excluding tert-OH is 1. The number of hydrogen-bond donors (Lipinski definition) is 3. The zero-order valence-electron chi connectivity index (χ0n) is 25.5. The SMILES string of the molecule is CCC1CCC(C)N(C(=O)c2cc(C(=O)N[C@@H](Cc3ccccc3)[C@@H](O)CNCc3cccc(C(F)(F)F)c3)nn2CC)C1. The molecule has 4 atom stereocenters. The molecule has 2 heterocycles. The van der Waals surface area contributed by atoms with Gasteiger partial charge in [-0.05, 0) is 56.2 Å². The molecule has 1 aliphatic heterocycles. The second kappa shape index (κ2) is 14.9. The number of nitrogens with zero attached hydrogens (tertiary/aromatic N) is 3. The fourth-order valence-corrected chi connectivity index (χ4v) is 5.64. The van der Waals surface area contributed by atoms with Crippen molar-refractivity contribution >= 4 is 11.8 Å². The van der Waals surface area contributed by atoms with E-state index in [1.807, 2.05) is 49.1 Å². The number of aliphatic hydroxyl groups is 1. The maximum Gasteiger partial charge on any atom is 0.416 e. The molecule has 2 unspecified atom stereocenters. The van der Waals surface area contributed by atoms with E-state index in [0.717, 1.165) is 37.0 Å². The van der Waals surface area contributed by atoms with Gasteiger partial charge in [0, 0.05) is 38.3 Å². The highest BCUT2D eigenvalue weighted by atomic mass is 19.4. The molecule has 1 aromatic heterocycles. The monoisotopic (exact) mass is 613 g/mol. The minimum Gasteiger partial charge on any atom is -0.390 e. The van der Waals surface area contributed by atoms with Crippen molar-refractivity contribution in [1.82, 2.24) is 25.3 Å². The molecule has 0 bridgehead atoms. The summed E-state index contributed by atoms with van der Waals surface area (Å²) in [4.78, 5) is 28.9. The largest absolute Gasteiger partial charge is 0.416 e. The Kier molecular flexibility index (Phi) is 11.2. The predicted molar refractivity (Wildman–Crippen MR) is 162 cm³/mol. The van der Waals surface area contributed by atoms with Crippen LogP contribution in [0.25, 0.3) is 0 Å². The predicted octanol–water partition coefficient (Wildman–Crippen LogP) is 5.06. The summed E-state index contributed by atoms with van der Waals surface area (Å²) >= 11 is 0. The first kappa shape index (κ1) is 33.2. The van der Waals surface area contributed by atoms with E-state index in [1.165, 1.54) is 12.1 Å². The summed E-state index contributed by atoms with van der Waals surface area (Å²) in [6.45, 7) is 7.23. The third-order valence-electron chi connectivity index (χ3n) is 8.37. The molecule has 2 aromatic carbocycles. The van der Waals surface area contributed by atoms with Crippen LogP contribution in [0.2, 0.25) is 0 Å². The van der Waals surface area contributed by atoms with Crippen molar-refractivity contribution in [1.29, 1.82) is 0 Å². The van der Waals surface area contributed by atoms with Gasteiger partial charge in [-0.25, -0.2) is 0 Å². The maximum atomic E-state index is 13.6. The Hall–Kier alpha value is -3.70. The number of amides is 2. The van der Waals surface area contributed by atoms with E-state index in [2.05, 4.69) is 22.7 Å². The van der Waals surface area contributed by atoms with Gasteiger partial charge in [-0.2, -0.15) is 18.3 Å². The van der Waals surface area contributed by atoms with Crippen LogP contribution >= 0.6 is 0 Å². The van der Waals surface area contributed by atoms with Crippen LogP contribution in [-0.2, 0) is 25.7 Å². The zero-order valence-corrected chi connectivity index (χ0v) is 25.5. The Morgan fingerprint density at radius 3 is 2.45 bits per heavy atom. The molecule has 1 fully saturated rings. The number of nitrogens with one attached hydrogen (secondary N) is 2. The molecule has 4 rings (SSSR count). The number of alkyl halides is 3. The van der Waals surface area contributed by atoms with Crippen LogP contribution in [0.15, 0.2) is 60.7 Å². The quantitative estimate of drug-likeness (QED) is 0.265. The minimum absolute atomic E-state index is 0.0204. The van der Waals surface area contributed by atoms with E-state index >= 15 is 0 Å². The molecule has 2 amide bonds. The van der Waals surface area contributed by atoms with Crippen molar-refractivity contribution in [2.24, 2.45) is 5.92 Å². The first-order chi connectivity index (χ1) is 21.0. The van der Waals surface area contributed by atoms with Crippen molar-refractivity contribution in [3.63, 3.8) is 0 Å². The van der Waals surface area contributed by atoms with Gasteiger partial charge in [-0.3, -0.25) is 14.3 Å². The number of aryl methyl sites for hydroxylation is 1. The normalized spacial score (nSPS) is 18.6. The molecule has 238 valence electrons. The fourth-order valence-electron chi connectivity index (χ4n) is 5.64. The second-order valence-corrected chi connectivity index (χ2v) is 11.6. The maximum absolute atomic E-state index is 13.6. The standard InChI is InChI=1S/C33H42F3N5O3/c1-4-23-15-14-22(3)40(21-23)32(44)29-18-28(39-41(29)5-2)31(43)38-27(17-24-10-7-6-8-11-24)30(42)20-37-19-25-12-9-13-26(16-25)33(34,35)36/h6-13,16,18,22-23,27,30,37,42H,4-5,14-15,17,19-21H2,1-3H3,(H,38,43)/t22?,23?,27-,30-/m0/s1. The van der Waals surface area contributed by atoms with E-state index in [0.29, 0.717) is 36.7 Å². The first-order valence-electron chi connectivity index (χ1n) is 15.3. The lowest BCUT2D eigenvalue weighted by atomic mass is 9.91. The number of carbonyl (C=O) groups excluding carboxylic acids is 2. The van der Waals surface area contributed by atoms with Crippen LogP contribution < -0.4 is 10.6 Å². The van der Waals surface area contributed by atoms with Crippen LogP contribution in [0, 0.1) is 5.92 Å². The Bertz CT molecular complexity index is 1390. The van der Waals surface area contributed by atoms with E-state index in [1.54, 1.807) is 10.7 Å². The Balaban J connectivity index is 1.47.